The monoisotopic (exact) mass is 455 g/mol. The highest BCUT2D eigenvalue weighted by molar-refractivity contribution is 6.35. The van der Waals surface area contributed by atoms with Crippen LogP contribution in [0.2, 0.25) is 10.0 Å². The number of amides is 1. The summed E-state index contributed by atoms with van der Waals surface area (Å²) in [6.45, 7) is 7.41. The first-order valence-corrected chi connectivity index (χ1v) is 11.1. The number of aromatic nitrogens is 2. The number of fused-ring (bicyclic) bond motifs is 8. The van der Waals surface area contributed by atoms with Gasteiger partial charge in [0.2, 0.25) is 0 Å². The van der Waals surface area contributed by atoms with Crippen LogP contribution in [0.3, 0.4) is 0 Å². The standard InChI is InChI=1S/C24H23Cl2N3O2/c1-12(2)21-19-20(27-28(21)9-10-31-4)24(30)29-22-13(3)5-8-17(26)18(22)16-11-14(25)6-7-15(16)23(19)29/h5-8,11-12,23H,9-10H2,1-4H3. The lowest BCUT2D eigenvalue weighted by atomic mass is 9.84. The van der Waals surface area contributed by atoms with E-state index < -0.39 is 0 Å². The second-order valence-corrected chi connectivity index (χ2v) is 9.26. The molecule has 0 fully saturated rings. The molecule has 2 aliphatic rings. The Bertz CT molecular complexity index is 1230. The normalized spacial score (nSPS) is 16.4. The van der Waals surface area contributed by atoms with E-state index in [1.807, 2.05) is 46.8 Å². The number of benzene rings is 2. The van der Waals surface area contributed by atoms with Crippen LogP contribution in [0.25, 0.3) is 11.1 Å². The van der Waals surface area contributed by atoms with E-state index >= 15 is 0 Å². The van der Waals surface area contributed by atoms with Crippen molar-refractivity contribution in [1.82, 2.24) is 9.78 Å². The summed E-state index contributed by atoms with van der Waals surface area (Å²) in [7, 11) is 1.67. The summed E-state index contributed by atoms with van der Waals surface area (Å²) in [5.74, 6) is 0.101. The zero-order valence-electron chi connectivity index (χ0n) is 17.9. The molecule has 0 N–H and O–H groups in total. The van der Waals surface area contributed by atoms with Gasteiger partial charge in [0.1, 0.15) is 0 Å². The van der Waals surface area contributed by atoms with Gasteiger partial charge in [-0.05, 0) is 47.7 Å². The number of methoxy groups -OCH3 is 1. The molecule has 5 nitrogen and oxygen atoms in total. The van der Waals surface area contributed by atoms with Gasteiger partial charge < -0.3 is 4.74 Å². The maximum atomic E-state index is 13.7. The molecule has 0 spiro atoms. The predicted molar refractivity (Wildman–Crippen MR) is 123 cm³/mol. The zero-order valence-corrected chi connectivity index (χ0v) is 19.4. The van der Waals surface area contributed by atoms with Crippen LogP contribution in [0.5, 0.6) is 0 Å². The fraction of sp³-hybridized carbons (Fsp3) is 0.333. The van der Waals surface area contributed by atoms with Crippen molar-refractivity contribution >= 4 is 34.8 Å². The number of aryl methyl sites for hydroxylation is 1. The van der Waals surface area contributed by atoms with Gasteiger partial charge in [-0.25, -0.2) is 0 Å². The molecule has 0 aliphatic carbocycles. The van der Waals surface area contributed by atoms with Gasteiger partial charge in [0.25, 0.3) is 5.91 Å². The van der Waals surface area contributed by atoms with Gasteiger partial charge in [0.15, 0.2) is 5.69 Å². The van der Waals surface area contributed by atoms with Crippen LogP contribution >= 0.6 is 23.2 Å². The van der Waals surface area contributed by atoms with Gasteiger partial charge in [0.05, 0.1) is 29.9 Å². The highest BCUT2D eigenvalue weighted by Crippen LogP contribution is 2.56. The number of halogens is 2. The fourth-order valence-electron chi connectivity index (χ4n) is 4.98. The SMILES string of the molecule is COCCn1nc2c(c1C(C)C)C1c3ccc(Cl)cc3-c3c(Cl)ccc(C)c3N1C2=O. The molecule has 3 heterocycles. The summed E-state index contributed by atoms with van der Waals surface area (Å²) in [5, 5.41) is 6.00. The highest BCUT2D eigenvalue weighted by Gasteiger charge is 2.48. The van der Waals surface area contributed by atoms with Gasteiger partial charge in [-0.1, -0.05) is 49.2 Å². The van der Waals surface area contributed by atoms with Crippen molar-refractivity contribution in [3.63, 3.8) is 0 Å². The molecule has 0 saturated carbocycles. The lowest BCUT2D eigenvalue weighted by molar-refractivity contribution is 0.0986. The maximum absolute atomic E-state index is 13.7. The summed E-state index contributed by atoms with van der Waals surface area (Å²) in [5.41, 5.74) is 7.23. The summed E-state index contributed by atoms with van der Waals surface area (Å²) in [6.07, 6.45) is 0. The molecular formula is C24H23Cl2N3O2. The minimum atomic E-state index is -0.256. The Morgan fingerprint density at radius 3 is 2.68 bits per heavy atom. The number of nitrogens with zero attached hydrogens (tertiary/aromatic N) is 3. The van der Waals surface area contributed by atoms with E-state index in [1.165, 1.54) is 0 Å². The van der Waals surface area contributed by atoms with Crippen molar-refractivity contribution < 1.29 is 9.53 Å². The molecule has 0 bridgehead atoms. The number of carbonyl (C=O) groups excluding carboxylic acids is 1. The van der Waals surface area contributed by atoms with Crippen molar-refractivity contribution in [3.05, 3.63) is 68.5 Å². The molecule has 0 radical (unpaired) electrons. The fourth-order valence-corrected chi connectivity index (χ4v) is 5.41. The number of hydrogen-bond donors (Lipinski definition) is 0. The van der Waals surface area contributed by atoms with Crippen LogP contribution < -0.4 is 4.90 Å². The summed E-state index contributed by atoms with van der Waals surface area (Å²) < 4.78 is 7.21. The van der Waals surface area contributed by atoms with E-state index in [-0.39, 0.29) is 17.9 Å². The largest absolute Gasteiger partial charge is 0.383 e. The van der Waals surface area contributed by atoms with Crippen molar-refractivity contribution in [2.24, 2.45) is 0 Å². The quantitative estimate of drug-likeness (QED) is 0.484. The highest BCUT2D eigenvalue weighted by atomic mass is 35.5. The Hall–Kier alpha value is -2.34. The smallest absolute Gasteiger partial charge is 0.280 e. The molecule has 2 aromatic carbocycles. The van der Waals surface area contributed by atoms with Gasteiger partial charge in [0, 0.05) is 29.0 Å². The molecule has 2 aliphatic heterocycles. The van der Waals surface area contributed by atoms with Crippen LogP contribution in [0.4, 0.5) is 5.69 Å². The third-order valence-corrected chi connectivity index (χ3v) is 6.74. The van der Waals surface area contributed by atoms with Gasteiger partial charge >= 0.3 is 0 Å². The van der Waals surface area contributed by atoms with Crippen molar-refractivity contribution in [3.8, 4) is 11.1 Å². The number of ether oxygens (including phenoxy) is 1. The maximum Gasteiger partial charge on any atom is 0.280 e. The van der Waals surface area contributed by atoms with Crippen LogP contribution in [-0.2, 0) is 11.3 Å². The van der Waals surface area contributed by atoms with Crippen molar-refractivity contribution in [2.45, 2.75) is 39.3 Å². The number of hydrogen-bond acceptors (Lipinski definition) is 3. The molecule has 1 amide bonds. The van der Waals surface area contributed by atoms with Gasteiger partial charge in [-0.2, -0.15) is 5.10 Å². The minimum absolute atomic E-state index is 0.0923. The molecule has 160 valence electrons. The molecule has 3 aromatic rings. The van der Waals surface area contributed by atoms with Crippen LogP contribution in [0, 0.1) is 6.92 Å². The summed E-state index contributed by atoms with van der Waals surface area (Å²) in [6, 6.07) is 9.42. The Kier molecular flexibility index (Phi) is 4.88. The predicted octanol–water partition coefficient (Wildman–Crippen LogP) is 6.00. The van der Waals surface area contributed by atoms with E-state index in [9.17, 15) is 4.79 Å². The Morgan fingerprint density at radius 2 is 1.97 bits per heavy atom. The van der Waals surface area contributed by atoms with E-state index in [4.69, 9.17) is 33.0 Å². The van der Waals surface area contributed by atoms with Crippen LogP contribution in [0.1, 0.15) is 58.7 Å². The first-order valence-electron chi connectivity index (χ1n) is 10.4. The molecule has 0 saturated heterocycles. The zero-order chi connectivity index (χ0) is 22.0. The molecule has 1 atom stereocenters. The van der Waals surface area contributed by atoms with Crippen LogP contribution in [-0.4, -0.2) is 29.4 Å². The lowest BCUT2D eigenvalue weighted by Gasteiger charge is -2.36. The minimum Gasteiger partial charge on any atom is -0.383 e. The number of rotatable bonds is 4. The van der Waals surface area contributed by atoms with Crippen LogP contribution in [0.15, 0.2) is 30.3 Å². The molecular weight excluding hydrogens is 433 g/mol. The van der Waals surface area contributed by atoms with Crippen molar-refractivity contribution in [1.29, 1.82) is 0 Å². The first kappa shape index (κ1) is 20.6. The Balaban J connectivity index is 1.83. The molecule has 5 rings (SSSR count). The lowest BCUT2D eigenvalue weighted by Crippen LogP contribution is -2.34. The molecule has 7 heteroatoms. The molecule has 31 heavy (non-hydrogen) atoms. The summed E-state index contributed by atoms with van der Waals surface area (Å²) >= 11 is 13.1. The van der Waals surface area contributed by atoms with E-state index in [0.29, 0.717) is 28.9 Å². The van der Waals surface area contributed by atoms with Gasteiger partial charge in [-0.15, -0.1) is 0 Å². The van der Waals surface area contributed by atoms with Crippen molar-refractivity contribution in [2.75, 3.05) is 18.6 Å². The first-order chi connectivity index (χ1) is 14.8. The van der Waals surface area contributed by atoms with E-state index in [0.717, 1.165) is 39.2 Å². The second-order valence-electron chi connectivity index (χ2n) is 8.42. The average molecular weight is 456 g/mol. The third kappa shape index (κ3) is 2.87. The Morgan fingerprint density at radius 1 is 1.19 bits per heavy atom. The molecule has 1 unspecified atom stereocenters. The van der Waals surface area contributed by atoms with E-state index in [2.05, 4.69) is 13.8 Å². The third-order valence-electron chi connectivity index (χ3n) is 6.19. The number of carbonyl (C=O) groups is 1. The molecule has 1 aromatic heterocycles. The Labute approximate surface area is 191 Å². The van der Waals surface area contributed by atoms with Gasteiger partial charge in [-0.3, -0.25) is 14.4 Å². The average Bonchev–Trinajstić information content (AvgIpc) is 3.24. The topological polar surface area (TPSA) is 47.4 Å². The second kappa shape index (κ2) is 7.37. The van der Waals surface area contributed by atoms with E-state index in [1.54, 1.807) is 7.11 Å². The number of anilines is 1. The summed E-state index contributed by atoms with van der Waals surface area (Å²) in [4.78, 5) is 15.6.